The van der Waals surface area contributed by atoms with E-state index in [0.717, 1.165) is 17.7 Å². The molecule has 0 aromatic heterocycles. The average Bonchev–Trinajstić information content (AvgIpc) is 2.37. The first kappa shape index (κ1) is 15.6. The zero-order valence-electron chi connectivity index (χ0n) is 10.2. The van der Waals surface area contributed by atoms with E-state index in [1.807, 2.05) is 30.3 Å². The van der Waals surface area contributed by atoms with Crippen LogP contribution in [0.3, 0.4) is 0 Å². The molecule has 1 rings (SSSR count). The molecule has 96 valence electrons. The van der Waals surface area contributed by atoms with Gasteiger partial charge in [0, 0.05) is 12.2 Å². The summed E-state index contributed by atoms with van der Waals surface area (Å²) in [6.45, 7) is 5.27. The molecular weight excluding hydrogens is 232 g/mol. The van der Waals surface area contributed by atoms with E-state index in [1.54, 1.807) is 6.92 Å². The molecule has 0 spiro atoms. The number of aliphatic carboxylic acids is 1. The lowest BCUT2D eigenvalue weighted by Crippen LogP contribution is -1.99. The number of hydrogen-bond acceptors (Lipinski definition) is 3. The SMILES string of the molecule is C=CC(=O)OCc1ccccc1.CC=CC(=O)O. The average molecular weight is 248 g/mol. The highest BCUT2D eigenvalue weighted by molar-refractivity contribution is 5.81. The number of carbonyl (C=O) groups excluding carboxylic acids is 1. The molecule has 1 aromatic carbocycles. The zero-order valence-corrected chi connectivity index (χ0v) is 10.2. The minimum atomic E-state index is -0.891. The van der Waals surface area contributed by atoms with Gasteiger partial charge in [-0.3, -0.25) is 0 Å². The van der Waals surface area contributed by atoms with Crippen molar-refractivity contribution in [2.75, 3.05) is 0 Å². The smallest absolute Gasteiger partial charge is 0.330 e. The highest BCUT2D eigenvalue weighted by Gasteiger charge is 1.95. The molecule has 0 fully saturated rings. The molecule has 0 amide bonds. The van der Waals surface area contributed by atoms with Crippen LogP contribution in [0.4, 0.5) is 0 Å². The largest absolute Gasteiger partial charge is 0.478 e. The molecule has 0 radical (unpaired) electrons. The number of carboxylic acid groups (broad SMARTS) is 1. The number of hydrogen-bond donors (Lipinski definition) is 1. The van der Waals surface area contributed by atoms with E-state index >= 15 is 0 Å². The fraction of sp³-hybridized carbons (Fsp3) is 0.143. The Bertz CT molecular complexity index is 407. The fourth-order valence-electron chi connectivity index (χ4n) is 0.930. The second kappa shape index (κ2) is 9.84. The summed E-state index contributed by atoms with van der Waals surface area (Å²) in [6.07, 6.45) is 3.71. The standard InChI is InChI=1S/C10H10O2.C4H6O2/c1-2-10(11)12-8-9-6-4-3-5-7-9;1-2-3-4(5)6/h2-7H,1,8H2;2-3H,1H3,(H,5,6). The molecule has 0 atom stereocenters. The maximum atomic E-state index is 10.6. The molecule has 0 heterocycles. The lowest BCUT2D eigenvalue weighted by molar-refractivity contribution is -0.139. The summed E-state index contributed by atoms with van der Waals surface area (Å²) in [5.41, 5.74) is 0.979. The number of carbonyl (C=O) groups is 2. The highest BCUT2D eigenvalue weighted by Crippen LogP contribution is 2.00. The number of esters is 1. The predicted molar refractivity (Wildman–Crippen MR) is 68.9 cm³/mol. The summed E-state index contributed by atoms with van der Waals surface area (Å²) in [5.74, 6) is -1.28. The van der Waals surface area contributed by atoms with Gasteiger partial charge < -0.3 is 9.84 Å². The maximum Gasteiger partial charge on any atom is 0.330 e. The molecule has 18 heavy (non-hydrogen) atoms. The molecule has 0 saturated carbocycles. The molecule has 0 aliphatic carbocycles. The van der Waals surface area contributed by atoms with Crippen LogP contribution in [0.5, 0.6) is 0 Å². The van der Waals surface area contributed by atoms with Gasteiger partial charge in [0.15, 0.2) is 0 Å². The molecule has 0 aliphatic heterocycles. The lowest BCUT2D eigenvalue weighted by Gasteiger charge is -2.00. The summed E-state index contributed by atoms with van der Waals surface area (Å²) >= 11 is 0. The molecule has 4 nitrogen and oxygen atoms in total. The van der Waals surface area contributed by atoms with Gasteiger partial charge in [0.2, 0.25) is 0 Å². The van der Waals surface area contributed by atoms with E-state index in [9.17, 15) is 9.59 Å². The third-order valence-electron chi connectivity index (χ3n) is 1.70. The van der Waals surface area contributed by atoms with Crippen LogP contribution in [0.2, 0.25) is 0 Å². The monoisotopic (exact) mass is 248 g/mol. The molecular formula is C14H16O4. The van der Waals surface area contributed by atoms with Gasteiger partial charge in [-0.15, -0.1) is 0 Å². The van der Waals surface area contributed by atoms with Gasteiger partial charge in [0.1, 0.15) is 6.61 Å². The van der Waals surface area contributed by atoms with Gasteiger partial charge in [-0.25, -0.2) is 9.59 Å². The molecule has 1 N–H and O–H groups in total. The van der Waals surface area contributed by atoms with E-state index in [2.05, 4.69) is 6.58 Å². The van der Waals surface area contributed by atoms with E-state index in [-0.39, 0.29) is 5.97 Å². The van der Waals surface area contributed by atoms with Gasteiger partial charge in [0.25, 0.3) is 0 Å². The fourth-order valence-corrected chi connectivity index (χ4v) is 0.930. The van der Waals surface area contributed by atoms with Crippen molar-refractivity contribution >= 4 is 11.9 Å². The Balaban J connectivity index is 0.000000411. The van der Waals surface area contributed by atoms with Crippen molar-refractivity contribution in [3.8, 4) is 0 Å². The van der Waals surface area contributed by atoms with Crippen molar-refractivity contribution in [2.45, 2.75) is 13.5 Å². The van der Waals surface area contributed by atoms with Gasteiger partial charge in [-0.1, -0.05) is 43.0 Å². The molecule has 0 aliphatic rings. The Morgan fingerprint density at radius 3 is 2.33 bits per heavy atom. The second-order valence-corrected chi connectivity index (χ2v) is 3.14. The number of carboxylic acids is 1. The van der Waals surface area contributed by atoms with Gasteiger partial charge in [-0.05, 0) is 12.5 Å². The first-order chi connectivity index (χ1) is 8.60. The Kier molecular flexibility index (Phi) is 8.55. The number of allylic oxidation sites excluding steroid dienone is 1. The topological polar surface area (TPSA) is 63.6 Å². The van der Waals surface area contributed by atoms with E-state index in [4.69, 9.17) is 9.84 Å². The van der Waals surface area contributed by atoms with Crippen molar-refractivity contribution in [3.63, 3.8) is 0 Å². The van der Waals surface area contributed by atoms with E-state index in [1.165, 1.54) is 6.08 Å². The minimum Gasteiger partial charge on any atom is -0.478 e. The van der Waals surface area contributed by atoms with E-state index < -0.39 is 5.97 Å². The van der Waals surface area contributed by atoms with E-state index in [0.29, 0.717) is 6.61 Å². The quantitative estimate of drug-likeness (QED) is 0.657. The third kappa shape index (κ3) is 8.91. The molecule has 1 aromatic rings. The van der Waals surface area contributed by atoms with Crippen molar-refractivity contribution in [1.82, 2.24) is 0 Å². The molecule has 4 heteroatoms. The van der Waals surface area contributed by atoms with Crippen molar-refractivity contribution < 1.29 is 19.4 Å². The Labute approximate surface area is 106 Å². The maximum absolute atomic E-state index is 10.6. The minimum absolute atomic E-state index is 0.311. The summed E-state index contributed by atoms with van der Waals surface area (Å²) < 4.78 is 4.82. The van der Waals surface area contributed by atoms with Crippen LogP contribution in [0, 0.1) is 0 Å². The third-order valence-corrected chi connectivity index (χ3v) is 1.70. The van der Waals surface area contributed by atoms with Gasteiger partial charge in [-0.2, -0.15) is 0 Å². The van der Waals surface area contributed by atoms with Gasteiger partial charge in [0.05, 0.1) is 0 Å². The molecule has 0 unspecified atom stereocenters. The van der Waals surface area contributed by atoms with Crippen molar-refractivity contribution in [2.24, 2.45) is 0 Å². The molecule has 0 saturated heterocycles. The first-order valence-corrected chi connectivity index (χ1v) is 5.29. The number of benzene rings is 1. The van der Waals surface area contributed by atoms with Crippen LogP contribution in [0.25, 0.3) is 0 Å². The summed E-state index contributed by atoms with van der Waals surface area (Å²) in [7, 11) is 0. The van der Waals surface area contributed by atoms with Crippen LogP contribution >= 0.6 is 0 Å². The Hall–Kier alpha value is -2.36. The second-order valence-electron chi connectivity index (χ2n) is 3.14. The van der Waals surface area contributed by atoms with Crippen molar-refractivity contribution in [3.05, 3.63) is 60.7 Å². The predicted octanol–water partition coefficient (Wildman–Crippen LogP) is 2.56. The van der Waals surface area contributed by atoms with Gasteiger partial charge >= 0.3 is 11.9 Å². The normalized spacial score (nSPS) is 9.17. The zero-order chi connectivity index (χ0) is 13.8. The summed E-state index contributed by atoms with van der Waals surface area (Å²) in [6, 6.07) is 9.51. The Morgan fingerprint density at radius 2 is 1.94 bits per heavy atom. The summed E-state index contributed by atoms with van der Waals surface area (Å²) in [4.78, 5) is 20.2. The highest BCUT2D eigenvalue weighted by atomic mass is 16.5. The van der Waals surface area contributed by atoms with Crippen LogP contribution < -0.4 is 0 Å². The number of ether oxygens (including phenoxy) is 1. The van der Waals surface area contributed by atoms with Crippen molar-refractivity contribution in [1.29, 1.82) is 0 Å². The first-order valence-electron chi connectivity index (χ1n) is 5.29. The van der Waals surface area contributed by atoms with Crippen LogP contribution in [-0.2, 0) is 20.9 Å². The number of rotatable bonds is 4. The summed E-state index contributed by atoms with van der Waals surface area (Å²) in [5, 5.41) is 7.83. The lowest BCUT2D eigenvalue weighted by atomic mass is 10.2. The van der Waals surface area contributed by atoms with Crippen LogP contribution in [0.15, 0.2) is 55.1 Å². The van der Waals surface area contributed by atoms with Crippen LogP contribution in [-0.4, -0.2) is 17.0 Å². The van der Waals surface area contributed by atoms with Crippen LogP contribution in [0.1, 0.15) is 12.5 Å². The Morgan fingerprint density at radius 1 is 1.33 bits per heavy atom. The molecule has 0 bridgehead atoms.